The van der Waals surface area contributed by atoms with Gasteiger partial charge in [0.25, 0.3) is 0 Å². The molecule has 0 N–H and O–H groups in total. The molecule has 100 valence electrons. The highest BCUT2D eigenvalue weighted by molar-refractivity contribution is 5.14. The van der Waals surface area contributed by atoms with Crippen LogP contribution in [0.5, 0.6) is 5.88 Å². The number of hydrogen-bond acceptors (Lipinski definition) is 2. The predicted octanol–water partition coefficient (Wildman–Crippen LogP) is 4.23. The maximum atomic E-state index is 5.91. The fraction of sp³-hybridized carbons (Fsp3) is 0.688. The Labute approximate surface area is 111 Å². The van der Waals surface area contributed by atoms with Gasteiger partial charge in [0.2, 0.25) is 5.88 Å². The van der Waals surface area contributed by atoms with E-state index in [2.05, 4.69) is 25.8 Å². The molecule has 1 aliphatic carbocycles. The smallest absolute Gasteiger partial charge is 0.213 e. The normalized spacial score (nSPS) is 27.7. The summed E-state index contributed by atoms with van der Waals surface area (Å²) in [5.74, 6) is 2.16. The van der Waals surface area contributed by atoms with Gasteiger partial charge in [-0.15, -0.1) is 0 Å². The van der Waals surface area contributed by atoms with Crippen molar-refractivity contribution in [2.75, 3.05) is 6.61 Å². The molecule has 0 radical (unpaired) electrons. The van der Waals surface area contributed by atoms with Gasteiger partial charge < -0.3 is 4.74 Å². The highest BCUT2D eigenvalue weighted by Crippen LogP contribution is 2.48. The van der Waals surface area contributed by atoms with Crippen LogP contribution in [0, 0.1) is 24.2 Å². The van der Waals surface area contributed by atoms with E-state index in [1.54, 1.807) is 0 Å². The van der Waals surface area contributed by atoms with E-state index in [-0.39, 0.29) is 0 Å². The van der Waals surface area contributed by atoms with Gasteiger partial charge in [0.05, 0.1) is 6.61 Å². The largest absolute Gasteiger partial charge is 0.477 e. The third-order valence-electron chi connectivity index (χ3n) is 4.81. The van der Waals surface area contributed by atoms with Crippen LogP contribution in [0.2, 0.25) is 0 Å². The first-order valence-electron chi connectivity index (χ1n) is 7.09. The Morgan fingerprint density at radius 3 is 2.89 bits per heavy atom. The molecule has 18 heavy (non-hydrogen) atoms. The first-order valence-corrected chi connectivity index (χ1v) is 7.09. The van der Waals surface area contributed by atoms with Gasteiger partial charge in [-0.2, -0.15) is 0 Å². The van der Waals surface area contributed by atoms with Crippen molar-refractivity contribution in [1.82, 2.24) is 4.98 Å². The summed E-state index contributed by atoms with van der Waals surface area (Å²) in [5, 5.41) is 0. The van der Waals surface area contributed by atoms with Crippen molar-refractivity contribution in [2.24, 2.45) is 17.3 Å². The predicted molar refractivity (Wildman–Crippen MR) is 74.8 cm³/mol. The molecule has 0 saturated heterocycles. The van der Waals surface area contributed by atoms with Gasteiger partial charge in [-0.25, -0.2) is 4.98 Å². The molecular weight excluding hydrogens is 222 g/mol. The summed E-state index contributed by atoms with van der Waals surface area (Å²) >= 11 is 0. The summed E-state index contributed by atoms with van der Waals surface area (Å²) in [5.41, 5.74) is 1.45. The minimum absolute atomic E-state index is 0.434. The molecular formula is C16H25NO. The van der Waals surface area contributed by atoms with E-state index in [0.29, 0.717) is 11.3 Å². The highest BCUT2D eigenvalue weighted by Gasteiger charge is 2.41. The summed E-state index contributed by atoms with van der Waals surface area (Å²) in [6.07, 6.45) is 3.96. The van der Waals surface area contributed by atoms with E-state index in [1.165, 1.54) is 19.3 Å². The fourth-order valence-corrected chi connectivity index (χ4v) is 3.08. The molecule has 2 atom stereocenters. The topological polar surface area (TPSA) is 22.1 Å². The Morgan fingerprint density at radius 2 is 2.22 bits per heavy atom. The highest BCUT2D eigenvalue weighted by atomic mass is 16.5. The molecule has 2 nitrogen and oxygen atoms in total. The molecule has 2 unspecified atom stereocenters. The van der Waals surface area contributed by atoms with Crippen LogP contribution >= 0.6 is 0 Å². The molecule has 1 saturated carbocycles. The van der Waals surface area contributed by atoms with Gasteiger partial charge >= 0.3 is 0 Å². The summed E-state index contributed by atoms with van der Waals surface area (Å²) in [7, 11) is 0. The molecule has 1 aliphatic rings. The van der Waals surface area contributed by atoms with Crippen LogP contribution in [0.15, 0.2) is 18.2 Å². The molecule has 0 aliphatic heterocycles. The van der Waals surface area contributed by atoms with Gasteiger partial charge in [0.1, 0.15) is 0 Å². The monoisotopic (exact) mass is 247 g/mol. The second-order valence-corrected chi connectivity index (χ2v) is 6.18. The number of nitrogens with zero attached hydrogens (tertiary/aromatic N) is 1. The Hall–Kier alpha value is -1.05. The summed E-state index contributed by atoms with van der Waals surface area (Å²) in [4.78, 5) is 4.40. The minimum Gasteiger partial charge on any atom is -0.477 e. The molecule has 0 spiro atoms. The summed E-state index contributed by atoms with van der Waals surface area (Å²) < 4.78 is 5.91. The van der Waals surface area contributed by atoms with Gasteiger partial charge in [-0.3, -0.25) is 0 Å². The Bertz CT molecular complexity index is 402. The van der Waals surface area contributed by atoms with Crippen molar-refractivity contribution < 1.29 is 4.74 Å². The number of aromatic nitrogens is 1. The Kier molecular flexibility index (Phi) is 3.94. The van der Waals surface area contributed by atoms with E-state index in [4.69, 9.17) is 4.74 Å². The Balaban J connectivity index is 1.98. The first kappa shape index (κ1) is 13.4. The number of hydrogen-bond donors (Lipinski definition) is 0. The van der Waals surface area contributed by atoms with E-state index in [1.807, 2.05) is 25.1 Å². The lowest BCUT2D eigenvalue weighted by molar-refractivity contribution is 0.0963. The van der Waals surface area contributed by atoms with Crippen molar-refractivity contribution in [1.29, 1.82) is 0 Å². The van der Waals surface area contributed by atoms with Crippen molar-refractivity contribution in [3.8, 4) is 5.88 Å². The lowest BCUT2D eigenvalue weighted by atomic mass is 9.71. The quantitative estimate of drug-likeness (QED) is 0.794. The average Bonchev–Trinajstić information content (AvgIpc) is 2.70. The molecule has 0 amide bonds. The van der Waals surface area contributed by atoms with E-state index >= 15 is 0 Å². The minimum atomic E-state index is 0.434. The molecule has 1 aromatic heterocycles. The number of rotatable bonds is 4. The molecule has 0 bridgehead atoms. The zero-order valence-electron chi connectivity index (χ0n) is 12.1. The summed E-state index contributed by atoms with van der Waals surface area (Å²) in [6.45, 7) is 9.90. The molecule has 1 aromatic rings. The molecule has 0 aromatic carbocycles. The van der Waals surface area contributed by atoms with Gasteiger partial charge in [0, 0.05) is 11.8 Å². The van der Waals surface area contributed by atoms with Crippen LogP contribution in [0.25, 0.3) is 0 Å². The zero-order valence-corrected chi connectivity index (χ0v) is 12.1. The molecule has 2 heteroatoms. The van der Waals surface area contributed by atoms with Crippen molar-refractivity contribution in [3.63, 3.8) is 0 Å². The second kappa shape index (κ2) is 5.29. The maximum Gasteiger partial charge on any atom is 0.213 e. The fourth-order valence-electron chi connectivity index (χ4n) is 3.08. The molecule has 2 rings (SSSR count). The van der Waals surface area contributed by atoms with Crippen LogP contribution in [0.3, 0.4) is 0 Å². The number of aryl methyl sites for hydroxylation is 1. The second-order valence-electron chi connectivity index (χ2n) is 6.18. The van der Waals surface area contributed by atoms with Crippen LogP contribution in [-0.4, -0.2) is 11.6 Å². The lowest BCUT2D eigenvalue weighted by Gasteiger charge is -2.35. The summed E-state index contributed by atoms with van der Waals surface area (Å²) in [6, 6.07) is 5.96. The van der Waals surface area contributed by atoms with Crippen LogP contribution in [-0.2, 0) is 0 Å². The van der Waals surface area contributed by atoms with Crippen molar-refractivity contribution in [3.05, 3.63) is 23.9 Å². The van der Waals surface area contributed by atoms with Crippen LogP contribution < -0.4 is 4.74 Å². The van der Waals surface area contributed by atoms with Crippen molar-refractivity contribution in [2.45, 2.75) is 47.0 Å². The van der Waals surface area contributed by atoms with Gasteiger partial charge in [-0.1, -0.05) is 33.3 Å². The van der Waals surface area contributed by atoms with Crippen LogP contribution in [0.4, 0.5) is 0 Å². The van der Waals surface area contributed by atoms with Crippen molar-refractivity contribution >= 4 is 0 Å². The van der Waals surface area contributed by atoms with Gasteiger partial charge in [0.15, 0.2) is 0 Å². The van der Waals surface area contributed by atoms with Crippen LogP contribution in [0.1, 0.15) is 45.7 Å². The first-order chi connectivity index (χ1) is 8.52. The third kappa shape index (κ3) is 2.68. The standard InChI is InChI=1S/C16H25NO/c1-12(2)16(4)10-6-8-14(16)11-18-15-9-5-7-13(3)17-15/h5,7,9,12,14H,6,8,10-11H2,1-4H3. The van der Waals surface area contributed by atoms with E-state index < -0.39 is 0 Å². The zero-order chi connectivity index (χ0) is 13.2. The van der Waals surface area contributed by atoms with Gasteiger partial charge in [-0.05, 0) is 43.1 Å². The SMILES string of the molecule is Cc1cccc(OCC2CCCC2(C)C(C)C)n1. The number of ether oxygens (including phenoxy) is 1. The molecule has 1 heterocycles. The average molecular weight is 247 g/mol. The third-order valence-corrected chi connectivity index (χ3v) is 4.81. The number of pyridine rings is 1. The van der Waals surface area contributed by atoms with E-state index in [0.717, 1.165) is 24.1 Å². The maximum absolute atomic E-state index is 5.91. The molecule has 1 fully saturated rings. The Morgan fingerprint density at radius 1 is 1.44 bits per heavy atom. The lowest BCUT2D eigenvalue weighted by Crippen LogP contribution is -2.31. The van der Waals surface area contributed by atoms with E-state index in [9.17, 15) is 0 Å².